The van der Waals surface area contributed by atoms with E-state index in [1.807, 2.05) is 0 Å². The van der Waals surface area contributed by atoms with Gasteiger partial charge in [-0.3, -0.25) is 0 Å². The van der Waals surface area contributed by atoms with Gasteiger partial charge in [-0.15, -0.1) is 0 Å². The summed E-state index contributed by atoms with van der Waals surface area (Å²) in [4.78, 5) is 0. The maximum absolute atomic E-state index is 11.1. The van der Waals surface area contributed by atoms with Crippen LogP contribution in [0.5, 0.6) is 0 Å². The molecule has 0 amide bonds. The smallest absolute Gasteiger partial charge is 0.209 e. The Morgan fingerprint density at radius 2 is 1.67 bits per heavy atom. The van der Waals surface area contributed by atoms with E-state index in [0.29, 0.717) is 10.8 Å². The Bertz CT molecular complexity index is 358. The van der Waals surface area contributed by atoms with E-state index in [1.165, 1.54) is 12.7 Å². The molecule has 0 radical (unpaired) electrons. The highest BCUT2D eigenvalue weighted by atomic mass is 32.2. The third-order valence-corrected chi connectivity index (χ3v) is 4.25. The molecule has 1 N–H and O–H groups in total. The van der Waals surface area contributed by atoms with Gasteiger partial charge in [-0.1, -0.05) is 20.8 Å². The quantitative estimate of drug-likeness (QED) is 0.806. The van der Waals surface area contributed by atoms with Gasteiger partial charge < -0.3 is 0 Å². The molecule has 0 spiro atoms. The van der Waals surface area contributed by atoms with Gasteiger partial charge in [-0.25, -0.2) is 13.1 Å². The van der Waals surface area contributed by atoms with Gasteiger partial charge in [0, 0.05) is 5.54 Å². The van der Waals surface area contributed by atoms with E-state index in [1.54, 1.807) is 0 Å². The average Bonchev–Trinajstić information content (AvgIpc) is 1.72. The fraction of sp³-hybridized carbons (Fsp3) is 1.00. The minimum absolute atomic E-state index is 0.0567. The van der Waals surface area contributed by atoms with Crippen LogP contribution in [0, 0.1) is 10.8 Å². The number of sulfonamides is 1. The fourth-order valence-corrected chi connectivity index (χ4v) is 4.82. The maximum Gasteiger partial charge on any atom is 0.209 e. The van der Waals surface area contributed by atoms with Crippen molar-refractivity contribution in [2.45, 2.75) is 52.0 Å². The molecular weight excluding hydrogens is 210 g/mol. The van der Waals surface area contributed by atoms with Crippen molar-refractivity contribution in [1.82, 2.24) is 4.72 Å². The number of hydrogen-bond acceptors (Lipinski definition) is 2. The lowest BCUT2D eigenvalue weighted by Crippen LogP contribution is -2.74. The molecule has 3 aliphatic rings. The van der Waals surface area contributed by atoms with Gasteiger partial charge in [-0.2, -0.15) is 0 Å². The standard InChI is InChI=1S/C11H21NO2S/c1-9(2,3)5-10-6-11(7-10,8-10)12-15(4,13)14/h12H,5-8H2,1-4H3. The molecular formula is C11H21NO2S. The average molecular weight is 231 g/mol. The van der Waals surface area contributed by atoms with Crippen LogP contribution in [0.25, 0.3) is 0 Å². The molecule has 3 aliphatic carbocycles. The Labute approximate surface area is 92.7 Å². The monoisotopic (exact) mass is 231 g/mol. The van der Waals surface area contributed by atoms with Gasteiger partial charge in [0.15, 0.2) is 0 Å². The van der Waals surface area contributed by atoms with E-state index < -0.39 is 10.0 Å². The Morgan fingerprint density at radius 3 is 2.00 bits per heavy atom. The van der Waals surface area contributed by atoms with Crippen LogP contribution >= 0.6 is 0 Å². The molecule has 0 heterocycles. The second-order valence-corrected chi connectivity index (χ2v) is 8.67. The lowest BCUT2D eigenvalue weighted by molar-refractivity contribution is -0.161. The Balaban J connectivity index is 1.91. The van der Waals surface area contributed by atoms with Gasteiger partial charge in [0.25, 0.3) is 0 Å². The van der Waals surface area contributed by atoms with Crippen molar-refractivity contribution >= 4 is 10.0 Å². The minimum atomic E-state index is -3.03. The fourth-order valence-electron chi connectivity index (χ4n) is 3.81. The normalized spacial score (nSPS) is 39.5. The summed E-state index contributed by atoms with van der Waals surface area (Å²) in [6, 6.07) is 0. The van der Waals surface area contributed by atoms with E-state index >= 15 is 0 Å². The summed E-state index contributed by atoms with van der Waals surface area (Å²) in [7, 11) is -3.03. The van der Waals surface area contributed by atoms with Crippen molar-refractivity contribution in [3.8, 4) is 0 Å². The van der Waals surface area contributed by atoms with Gasteiger partial charge >= 0.3 is 0 Å². The molecule has 0 aromatic heterocycles. The third kappa shape index (κ3) is 2.21. The Hall–Kier alpha value is -0.0900. The maximum atomic E-state index is 11.1. The van der Waals surface area contributed by atoms with Gasteiger partial charge in [0.2, 0.25) is 10.0 Å². The molecule has 15 heavy (non-hydrogen) atoms. The van der Waals surface area contributed by atoms with Crippen LogP contribution in [0.1, 0.15) is 46.5 Å². The molecule has 3 rings (SSSR count). The van der Waals surface area contributed by atoms with E-state index in [-0.39, 0.29) is 5.54 Å². The molecule has 0 saturated heterocycles. The van der Waals surface area contributed by atoms with Crippen LogP contribution in [0.3, 0.4) is 0 Å². The summed E-state index contributed by atoms with van der Waals surface area (Å²) < 4.78 is 25.1. The number of nitrogens with one attached hydrogen (secondary N) is 1. The third-order valence-electron chi connectivity index (χ3n) is 3.45. The molecule has 2 bridgehead atoms. The summed E-state index contributed by atoms with van der Waals surface area (Å²) in [5.41, 5.74) is 0.756. The van der Waals surface area contributed by atoms with Crippen LogP contribution < -0.4 is 4.72 Å². The van der Waals surface area contributed by atoms with E-state index in [2.05, 4.69) is 25.5 Å². The molecule has 0 aromatic carbocycles. The zero-order chi connectivity index (χ0) is 11.5. The first-order valence-corrected chi connectivity index (χ1v) is 7.42. The SMILES string of the molecule is CC(C)(C)CC12CC(NS(C)(=O)=O)(C1)C2. The molecule has 88 valence electrons. The Kier molecular flexibility index (Phi) is 2.11. The summed E-state index contributed by atoms with van der Waals surface area (Å²) in [5.74, 6) is 0. The van der Waals surface area contributed by atoms with Crippen molar-refractivity contribution in [2.75, 3.05) is 6.26 Å². The van der Waals surface area contributed by atoms with E-state index in [0.717, 1.165) is 19.3 Å². The molecule has 4 heteroatoms. The number of hydrogen-bond donors (Lipinski definition) is 1. The highest BCUT2D eigenvalue weighted by Gasteiger charge is 2.68. The topological polar surface area (TPSA) is 46.2 Å². The highest BCUT2D eigenvalue weighted by molar-refractivity contribution is 7.88. The molecule has 0 aliphatic heterocycles. The van der Waals surface area contributed by atoms with Gasteiger partial charge in [0.1, 0.15) is 0 Å². The molecule has 3 nitrogen and oxygen atoms in total. The first-order valence-electron chi connectivity index (χ1n) is 5.52. The second kappa shape index (κ2) is 2.77. The molecule has 3 fully saturated rings. The second-order valence-electron chi connectivity index (χ2n) is 6.92. The summed E-state index contributed by atoms with van der Waals surface area (Å²) in [5, 5.41) is 0. The van der Waals surface area contributed by atoms with Crippen LogP contribution in [0.15, 0.2) is 0 Å². The largest absolute Gasteiger partial charge is 0.213 e. The Morgan fingerprint density at radius 1 is 1.20 bits per heavy atom. The van der Waals surface area contributed by atoms with Crippen molar-refractivity contribution < 1.29 is 8.42 Å². The van der Waals surface area contributed by atoms with E-state index in [9.17, 15) is 8.42 Å². The van der Waals surface area contributed by atoms with Crippen LogP contribution in [0.2, 0.25) is 0 Å². The molecule has 0 aromatic rings. The molecule has 0 atom stereocenters. The van der Waals surface area contributed by atoms with Gasteiger partial charge in [0.05, 0.1) is 6.26 Å². The zero-order valence-corrected chi connectivity index (χ0v) is 10.9. The van der Waals surface area contributed by atoms with Crippen molar-refractivity contribution in [2.24, 2.45) is 10.8 Å². The summed E-state index contributed by atoms with van der Waals surface area (Å²) >= 11 is 0. The van der Waals surface area contributed by atoms with Crippen molar-refractivity contribution in [3.63, 3.8) is 0 Å². The van der Waals surface area contributed by atoms with Gasteiger partial charge in [-0.05, 0) is 36.5 Å². The van der Waals surface area contributed by atoms with E-state index in [4.69, 9.17) is 0 Å². The lowest BCUT2D eigenvalue weighted by Gasteiger charge is -2.72. The predicted molar refractivity (Wildman–Crippen MR) is 61.1 cm³/mol. The minimum Gasteiger partial charge on any atom is -0.213 e. The number of rotatable bonds is 3. The summed E-state index contributed by atoms with van der Waals surface area (Å²) in [6.07, 6.45) is 5.61. The van der Waals surface area contributed by atoms with Crippen LogP contribution in [-0.4, -0.2) is 20.2 Å². The highest BCUT2D eigenvalue weighted by Crippen LogP contribution is 2.70. The summed E-state index contributed by atoms with van der Waals surface area (Å²) in [6.45, 7) is 6.76. The predicted octanol–water partition coefficient (Wildman–Crippen LogP) is 1.89. The molecule has 3 saturated carbocycles. The zero-order valence-electron chi connectivity index (χ0n) is 10.1. The van der Waals surface area contributed by atoms with Crippen molar-refractivity contribution in [1.29, 1.82) is 0 Å². The first-order chi connectivity index (χ1) is 6.54. The first kappa shape index (κ1) is 11.4. The van der Waals surface area contributed by atoms with Crippen molar-refractivity contribution in [3.05, 3.63) is 0 Å². The van der Waals surface area contributed by atoms with Crippen LogP contribution in [0.4, 0.5) is 0 Å². The van der Waals surface area contributed by atoms with Crippen LogP contribution in [-0.2, 0) is 10.0 Å². The lowest BCUT2D eigenvalue weighted by atomic mass is 9.37. The molecule has 0 unspecified atom stereocenters.